The predicted octanol–water partition coefficient (Wildman–Crippen LogP) is 0.621. The third-order valence-corrected chi connectivity index (χ3v) is 5.38. The number of aliphatic hydroxyl groups is 3. The Morgan fingerprint density at radius 3 is 2.41 bits per heavy atom. The molecule has 0 bridgehead atoms. The lowest BCUT2D eigenvalue weighted by Crippen LogP contribution is -2.60. The normalized spacial score (nSPS) is 24.6. The molecule has 5 N–H and O–H groups in total. The summed E-state index contributed by atoms with van der Waals surface area (Å²) in [5, 5.41) is 50.3. The third-order valence-electron chi connectivity index (χ3n) is 5.38. The second-order valence-electron chi connectivity index (χ2n) is 7.78. The number of rotatable bonds is 5. The highest BCUT2D eigenvalue weighted by Crippen LogP contribution is 2.32. The number of carbonyl (C=O) groups is 1. The lowest BCUT2D eigenvalue weighted by molar-refractivity contribution is -0.278. The van der Waals surface area contributed by atoms with Crippen LogP contribution in [0.3, 0.4) is 0 Å². The average molecular weight is 474 g/mol. The van der Waals surface area contributed by atoms with Crippen molar-refractivity contribution in [3.8, 4) is 28.4 Å². The molecule has 5 atom stereocenters. The van der Waals surface area contributed by atoms with E-state index >= 15 is 0 Å². The van der Waals surface area contributed by atoms with Gasteiger partial charge in [0.15, 0.2) is 0 Å². The van der Waals surface area contributed by atoms with Crippen LogP contribution >= 0.6 is 0 Å². The van der Waals surface area contributed by atoms with E-state index in [1.165, 1.54) is 36.6 Å². The highest BCUT2D eigenvalue weighted by atomic mass is 16.7. The quantitative estimate of drug-likeness (QED) is 0.328. The Morgan fingerprint density at radius 1 is 1.03 bits per heavy atom. The Kier molecular flexibility index (Phi) is 6.44. The van der Waals surface area contributed by atoms with Crippen LogP contribution in [0.5, 0.6) is 17.2 Å². The largest absolute Gasteiger partial charge is 0.508 e. The van der Waals surface area contributed by atoms with E-state index in [2.05, 4.69) is 0 Å². The molecule has 11 nitrogen and oxygen atoms in total. The number of aliphatic hydroxyl groups excluding tert-OH is 3. The first-order valence-electron chi connectivity index (χ1n) is 10.2. The van der Waals surface area contributed by atoms with Crippen molar-refractivity contribution >= 4 is 16.9 Å². The van der Waals surface area contributed by atoms with Crippen LogP contribution in [0.4, 0.5) is 0 Å². The van der Waals surface area contributed by atoms with Crippen LogP contribution < -0.4 is 10.2 Å². The van der Waals surface area contributed by atoms with Crippen LogP contribution in [0.1, 0.15) is 6.92 Å². The number of hydrogen-bond acceptors (Lipinski definition) is 11. The van der Waals surface area contributed by atoms with E-state index in [9.17, 15) is 35.1 Å². The van der Waals surface area contributed by atoms with Gasteiger partial charge < -0.3 is 44.2 Å². The van der Waals surface area contributed by atoms with Gasteiger partial charge in [0.25, 0.3) is 0 Å². The molecule has 0 aliphatic carbocycles. The van der Waals surface area contributed by atoms with Crippen molar-refractivity contribution in [1.29, 1.82) is 0 Å². The predicted molar refractivity (Wildman–Crippen MR) is 115 cm³/mol. The fraction of sp³-hybridized carbons (Fsp3) is 0.304. The Balaban J connectivity index is 1.62. The van der Waals surface area contributed by atoms with Gasteiger partial charge in [-0.25, -0.2) is 0 Å². The number of ether oxygens (including phenoxy) is 3. The van der Waals surface area contributed by atoms with Gasteiger partial charge in [0.1, 0.15) is 65.5 Å². The van der Waals surface area contributed by atoms with E-state index < -0.39 is 54.5 Å². The first-order valence-corrected chi connectivity index (χ1v) is 10.2. The van der Waals surface area contributed by atoms with E-state index in [4.69, 9.17) is 18.6 Å². The zero-order chi connectivity index (χ0) is 24.6. The molecule has 0 spiro atoms. The van der Waals surface area contributed by atoms with Crippen LogP contribution in [0.25, 0.3) is 22.1 Å². The Morgan fingerprint density at radius 2 is 1.74 bits per heavy atom. The Hall–Kier alpha value is -3.64. The monoisotopic (exact) mass is 474 g/mol. The summed E-state index contributed by atoms with van der Waals surface area (Å²) < 4.78 is 21.3. The van der Waals surface area contributed by atoms with Gasteiger partial charge in [0.2, 0.25) is 11.7 Å². The summed E-state index contributed by atoms with van der Waals surface area (Å²) in [4.78, 5) is 24.0. The summed E-state index contributed by atoms with van der Waals surface area (Å²) in [6.45, 7) is 0.769. The molecule has 2 aromatic carbocycles. The fourth-order valence-corrected chi connectivity index (χ4v) is 3.60. The first-order chi connectivity index (χ1) is 16.2. The molecule has 0 saturated carbocycles. The summed E-state index contributed by atoms with van der Waals surface area (Å²) in [5.74, 6) is -1.14. The fourth-order valence-electron chi connectivity index (χ4n) is 3.60. The molecule has 2 heterocycles. The SMILES string of the molecule is CC(=O)OC[C@@H]1O[C@H](Oc2cc(O)c3c(=O)c(-c4ccc(O)cc4)coc3c2)[C@H](O)[C@H](O)[C@H]1O. The Bertz CT molecular complexity index is 1250. The molecule has 1 saturated heterocycles. The minimum atomic E-state index is -1.68. The number of benzene rings is 2. The highest BCUT2D eigenvalue weighted by molar-refractivity contribution is 5.88. The van der Waals surface area contributed by atoms with Crippen molar-refractivity contribution in [2.45, 2.75) is 37.6 Å². The molecule has 0 amide bonds. The smallest absolute Gasteiger partial charge is 0.302 e. The number of phenols is 2. The molecule has 1 aliphatic heterocycles. The highest BCUT2D eigenvalue weighted by Gasteiger charge is 2.45. The molecule has 0 unspecified atom stereocenters. The van der Waals surface area contributed by atoms with Crippen molar-refractivity contribution in [3.63, 3.8) is 0 Å². The van der Waals surface area contributed by atoms with Crippen LogP contribution in [-0.4, -0.2) is 68.8 Å². The van der Waals surface area contributed by atoms with Gasteiger partial charge in [-0.2, -0.15) is 0 Å². The van der Waals surface area contributed by atoms with E-state index in [0.29, 0.717) is 5.56 Å². The molecule has 3 aromatic rings. The molecule has 180 valence electrons. The van der Waals surface area contributed by atoms with Gasteiger partial charge in [-0.3, -0.25) is 9.59 Å². The van der Waals surface area contributed by atoms with Gasteiger partial charge in [-0.1, -0.05) is 12.1 Å². The molecule has 1 aliphatic rings. The van der Waals surface area contributed by atoms with E-state index in [0.717, 1.165) is 13.0 Å². The van der Waals surface area contributed by atoms with Crippen LogP contribution in [0, 0.1) is 0 Å². The topological polar surface area (TPSA) is 176 Å². The van der Waals surface area contributed by atoms with Gasteiger partial charge in [-0.15, -0.1) is 0 Å². The maximum Gasteiger partial charge on any atom is 0.302 e. The third kappa shape index (κ3) is 4.54. The molecule has 1 aromatic heterocycles. The maximum atomic E-state index is 12.9. The Labute approximate surface area is 192 Å². The zero-order valence-corrected chi connectivity index (χ0v) is 17.8. The number of fused-ring (bicyclic) bond motifs is 1. The zero-order valence-electron chi connectivity index (χ0n) is 17.8. The van der Waals surface area contributed by atoms with Crippen LogP contribution in [0.2, 0.25) is 0 Å². The van der Waals surface area contributed by atoms with Crippen molar-refractivity contribution in [1.82, 2.24) is 0 Å². The summed E-state index contributed by atoms with van der Waals surface area (Å²) in [6.07, 6.45) is -6.38. The molecule has 4 rings (SSSR count). The maximum absolute atomic E-state index is 12.9. The molecular weight excluding hydrogens is 452 g/mol. The summed E-state index contributed by atoms with van der Waals surface area (Å²) in [7, 11) is 0. The lowest BCUT2D eigenvalue weighted by Gasteiger charge is -2.39. The standard InChI is InChI=1S/C23H22O11/c1-10(24)31-9-17-20(28)21(29)22(30)23(34-17)33-13-6-15(26)18-16(7-13)32-8-14(19(18)27)11-2-4-12(25)5-3-11/h2-8,17,20-23,25-26,28-30H,9H2,1H3/t17-,20-,21+,22+,23-/m0/s1. The van der Waals surface area contributed by atoms with E-state index in [-0.39, 0.29) is 28.0 Å². The van der Waals surface area contributed by atoms with Gasteiger partial charge in [0.05, 0.1) is 5.56 Å². The number of carbonyl (C=O) groups excluding carboxylic acids is 1. The van der Waals surface area contributed by atoms with Gasteiger partial charge in [0, 0.05) is 19.1 Å². The van der Waals surface area contributed by atoms with Crippen molar-refractivity contribution in [2.24, 2.45) is 0 Å². The lowest BCUT2D eigenvalue weighted by atomic mass is 9.99. The molecular formula is C23H22O11. The van der Waals surface area contributed by atoms with E-state index in [1.54, 1.807) is 0 Å². The summed E-state index contributed by atoms with van der Waals surface area (Å²) in [5.41, 5.74) is 0.0843. The van der Waals surface area contributed by atoms with Crippen LogP contribution in [-0.2, 0) is 14.3 Å². The molecule has 1 fully saturated rings. The number of hydrogen-bond donors (Lipinski definition) is 5. The minimum absolute atomic E-state index is 0.0233. The van der Waals surface area contributed by atoms with Crippen molar-refractivity contribution in [3.05, 3.63) is 52.9 Å². The van der Waals surface area contributed by atoms with Crippen molar-refractivity contribution < 1.29 is 49.0 Å². The van der Waals surface area contributed by atoms with Gasteiger partial charge >= 0.3 is 5.97 Å². The second kappa shape index (κ2) is 9.31. The minimum Gasteiger partial charge on any atom is -0.508 e. The first kappa shape index (κ1) is 23.5. The molecule has 34 heavy (non-hydrogen) atoms. The molecule has 0 radical (unpaired) electrons. The van der Waals surface area contributed by atoms with E-state index in [1.807, 2.05) is 0 Å². The molecule has 11 heteroatoms. The number of aromatic hydroxyl groups is 2. The number of phenolic OH excluding ortho intramolecular Hbond substituents is 2. The summed E-state index contributed by atoms with van der Waals surface area (Å²) in [6, 6.07) is 8.25. The van der Waals surface area contributed by atoms with Crippen molar-refractivity contribution in [2.75, 3.05) is 6.61 Å². The number of esters is 1. The van der Waals surface area contributed by atoms with Crippen LogP contribution in [0.15, 0.2) is 51.9 Å². The second-order valence-corrected chi connectivity index (χ2v) is 7.78. The average Bonchev–Trinajstić information content (AvgIpc) is 2.79. The van der Waals surface area contributed by atoms with Gasteiger partial charge in [-0.05, 0) is 17.7 Å². The summed E-state index contributed by atoms with van der Waals surface area (Å²) >= 11 is 0.